The fraction of sp³-hybridized carbons (Fsp3) is 0.895. The minimum Gasteiger partial charge on any atom is -0.466 e. The first-order chi connectivity index (χ1) is 11.8. The Balaban J connectivity index is 3.53. The molecule has 0 aromatic heterocycles. The van der Waals surface area contributed by atoms with Crippen LogP contribution in [-0.4, -0.2) is 48.2 Å². The molecule has 0 aromatic rings. The van der Waals surface area contributed by atoms with Gasteiger partial charge < -0.3 is 9.47 Å². The Morgan fingerprint density at radius 2 is 1.56 bits per heavy atom. The summed E-state index contributed by atoms with van der Waals surface area (Å²) in [5, 5.41) is 0. The lowest BCUT2D eigenvalue weighted by Gasteiger charge is -2.21. The molecule has 0 saturated carbocycles. The number of carbonyl (C=O) groups is 2. The molecule has 1 unspecified atom stereocenters. The molecular weight excluding hydrogens is 356 g/mol. The largest absolute Gasteiger partial charge is 0.466 e. The molecule has 0 amide bonds. The molecule has 0 aliphatic carbocycles. The van der Waals surface area contributed by atoms with Gasteiger partial charge in [-0.05, 0) is 75.9 Å². The molecule has 0 rings (SSSR count). The molecule has 0 aromatic carbocycles. The number of hydrogen-bond donors (Lipinski definition) is 0. The Morgan fingerprint density at radius 3 is 2.16 bits per heavy atom. The number of esters is 2. The summed E-state index contributed by atoms with van der Waals surface area (Å²) in [7, 11) is 0. The summed E-state index contributed by atoms with van der Waals surface area (Å²) in [5.41, 5.74) is -0.382. The van der Waals surface area contributed by atoms with Crippen LogP contribution in [-0.2, 0) is 19.1 Å². The van der Waals surface area contributed by atoms with Gasteiger partial charge in [0.15, 0.2) is 0 Å². The first-order valence-corrected chi connectivity index (χ1v) is 11.6. The maximum Gasteiger partial charge on any atom is 0.311 e. The summed E-state index contributed by atoms with van der Waals surface area (Å²) < 4.78 is 10.1. The molecule has 0 aliphatic rings. The Morgan fingerprint density at radius 1 is 0.960 bits per heavy atom. The van der Waals surface area contributed by atoms with Gasteiger partial charge in [0.2, 0.25) is 0 Å². The summed E-state index contributed by atoms with van der Waals surface area (Å²) in [4.78, 5) is 23.2. The van der Waals surface area contributed by atoms with Crippen LogP contribution in [0.15, 0.2) is 0 Å². The van der Waals surface area contributed by atoms with E-state index in [0.29, 0.717) is 25.6 Å². The van der Waals surface area contributed by atoms with Gasteiger partial charge in [-0.25, -0.2) is 0 Å². The zero-order chi connectivity index (χ0) is 19.1. The van der Waals surface area contributed by atoms with Crippen LogP contribution in [0.5, 0.6) is 0 Å². The smallest absolute Gasteiger partial charge is 0.311 e. The van der Waals surface area contributed by atoms with Crippen LogP contribution in [0.2, 0.25) is 0 Å². The van der Waals surface area contributed by atoms with Crippen LogP contribution >= 0.6 is 23.5 Å². The summed E-state index contributed by atoms with van der Waals surface area (Å²) in [5.74, 6) is 4.59. The third-order valence-electron chi connectivity index (χ3n) is 3.85. The van der Waals surface area contributed by atoms with Crippen molar-refractivity contribution >= 4 is 35.5 Å². The second-order valence-corrected chi connectivity index (χ2v) is 9.29. The summed E-state index contributed by atoms with van der Waals surface area (Å²) in [6.07, 6.45) is 3.63. The molecule has 0 radical (unpaired) electrons. The van der Waals surface area contributed by atoms with Crippen LogP contribution in [0.1, 0.15) is 60.3 Å². The zero-order valence-corrected chi connectivity index (χ0v) is 18.2. The van der Waals surface area contributed by atoms with Crippen LogP contribution in [0.3, 0.4) is 0 Å². The normalized spacial score (nSPS) is 12.7. The fourth-order valence-electron chi connectivity index (χ4n) is 2.11. The van der Waals surface area contributed by atoms with Gasteiger partial charge in [0.05, 0.1) is 18.6 Å². The lowest BCUT2D eigenvalue weighted by atomic mass is 9.90. The number of rotatable bonds is 15. The second-order valence-electron chi connectivity index (χ2n) is 6.84. The van der Waals surface area contributed by atoms with Gasteiger partial charge in [-0.2, -0.15) is 23.5 Å². The van der Waals surface area contributed by atoms with E-state index in [4.69, 9.17) is 9.47 Å². The summed E-state index contributed by atoms with van der Waals surface area (Å²) in [6.45, 7) is 10.6. The third-order valence-corrected chi connectivity index (χ3v) is 6.02. The van der Waals surface area contributed by atoms with Crippen molar-refractivity contribution < 1.29 is 19.1 Å². The third kappa shape index (κ3) is 13.5. The lowest BCUT2D eigenvalue weighted by Crippen LogP contribution is -2.27. The zero-order valence-electron chi connectivity index (χ0n) is 16.6. The SMILES string of the molecule is CCOC(=O)CC(C)CCSCCCSCCC(C)(C)C(=O)OCC. The molecule has 25 heavy (non-hydrogen) atoms. The highest BCUT2D eigenvalue weighted by atomic mass is 32.2. The van der Waals surface area contributed by atoms with E-state index in [0.717, 1.165) is 35.9 Å². The van der Waals surface area contributed by atoms with Gasteiger partial charge >= 0.3 is 11.9 Å². The highest BCUT2D eigenvalue weighted by Gasteiger charge is 2.28. The van der Waals surface area contributed by atoms with Crippen molar-refractivity contribution in [3.8, 4) is 0 Å². The van der Waals surface area contributed by atoms with E-state index in [2.05, 4.69) is 6.92 Å². The maximum atomic E-state index is 11.8. The first-order valence-electron chi connectivity index (χ1n) is 9.31. The maximum absolute atomic E-state index is 11.8. The molecule has 0 bridgehead atoms. The number of ether oxygens (including phenoxy) is 2. The van der Waals surface area contributed by atoms with Gasteiger partial charge in [0.25, 0.3) is 0 Å². The Bertz CT molecular complexity index is 372. The lowest BCUT2D eigenvalue weighted by molar-refractivity contribution is -0.153. The molecule has 0 saturated heterocycles. The van der Waals surface area contributed by atoms with E-state index in [1.165, 1.54) is 6.42 Å². The van der Waals surface area contributed by atoms with Gasteiger partial charge in [-0.15, -0.1) is 0 Å². The monoisotopic (exact) mass is 392 g/mol. The quantitative estimate of drug-likeness (QED) is 0.295. The van der Waals surface area contributed by atoms with E-state index < -0.39 is 0 Å². The number of thioether (sulfide) groups is 2. The number of hydrogen-bond acceptors (Lipinski definition) is 6. The van der Waals surface area contributed by atoms with Crippen molar-refractivity contribution in [1.82, 2.24) is 0 Å². The van der Waals surface area contributed by atoms with Crippen LogP contribution in [0.25, 0.3) is 0 Å². The van der Waals surface area contributed by atoms with Crippen LogP contribution in [0, 0.1) is 11.3 Å². The fourth-order valence-corrected chi connectivity index (χ4v) is 4.63. The molecular formula is C19H36O4S2. The van der Waals surface area contributed by atoms with Gasteiger partial charge in [-0.3, -0.25) is 9.59 Å². The average Bonchev–Trinajstić information content (AvgIpc) is 2.53. The van der Waals surface area contributed by atoms with Crippen molar-refractivity contribution in [3.05, 3.63) is 0 Å². The predicted molar refractivity (Wildman–Crippen MR) is 109 cm³/mol. The molecule has 148 valence electrons. The van der Waals surface area contributed by atoms with Crippen molar-refractivity contribution in [3.63, 3.8) is 0 Å². The standard InChI is InChI=1S/C19H36O4S2/c1-6-22-17(20)15-16(3)9-13-24-11-8-12-25-14-10-19(4,5)18(21)23-7-2/h16H,6-15H2,1-5H3. The topological polar surface area (TPSA) is 52.6 Å². The Hall–Kier alpha value is -0.360. The number of carbonyl (C=O) groups excluding carboxylic acids is 2. The summed E-state index contributed by atoms with van der Waals surface area (Å²) >= 11 is 3.87. The van der Waals surface area contributed by atoms with Crippen molar-refractivity contribution in [1.29, 1.82) is 0 Å². The molecule has 0 N–H and O–H groups in total. The predicted octanol–water partition coefficient (Wildman–Crippen LogP) is 4.80. The Labute approximate surface area is 162 Å². The molecule has 6 heteroatoms. The minimum absolute atomic E-state index is 0.0813. The van der Waals surface area contributed by atoms with Crippen LogP contribution in [0.4, 0.5) is 0 Å². The average molecular weight is 393 g/mol. The first kappa shape index (κ1) is 24.6. The highest BCUT2D eigenvalue weighted by molar-refractivity contribution is 8.00. The minimum atomic E-state index is -0.382. The van der Waals surface area contributed by atoms with Crippen molar-refractivity contribution in [2.75, 3.05) is 36.2 Å². The van der Waals surface area contributed by atoms with E-state index in [9.17, 15) is 9.59 Å². The van der Waals surface area contributed by atoms with E-state index >= 15 is 0 Å². The highest BCUT2D eigenvalue weighted by Crippen LogP contribution is 2.25. The van der Waals surface area contributed by atoms with E-state index in [-0.39, 0.29) is 17.4 Å². The molecule has 1 atom stereocenters. The summed E-state index contributed by atoms with van der Waals surface area (Å²) in [6, 6.07) is 0. The molecule has 0 aliphatic heterocycles. The van der Waals surface area contributed by atoms with Gasteiger partial charge in [0.1, 0.15) is 0 Å². The Kier molecular flexibility index (Phi) is 14.6. The van der Waals surface area contributed by atoms with Crippen molar-refractivity contribution in [2.45, 2.75) is 60.3 Å². The molecule has 0 fully saturated rings. The second kappa shape index (κ2) is 14.8. The molecule has 0 spiro atoms. The van der Waals surface area contributed by atoms with E-state index in [1.807, 2.05) is 51.2 Å². The molecule has 4 nitrogen and oxygen atoms in total. The van der Waals surface area contributed by atoms with Gasteiger partial charge in [-0.1, -0.05) is 6.92 Å². The van der Waals surface area contributed by atoms with Crippen molar-refractivity contribution in [2.24, 2.45) is 11.3 Å². The molecule has 0 heterocycles. The van der Waals surface area contributed by atoms with Crippen LogP contribution < -0.4 is 0 Å². The van der Waals surface area contributed by atoms with E-state index in [1.54, 1.807) is 0 Å². The van der Waals surface area contributed by atoms with Gasteiger partial charge in [0, 0.05) is 6.42 Å².